The van der Waals surface area contributed by atoms with Crippen LogP contribution in [0.3, 0.4) is 0 Å². The SMILES string of the molecule is O=C1CCCC2=C1C(c1ccco1)C1=C(CCCC1=O)O2. The van der Waals surface area contributed by atoms with Crippen LogP contribution in [0.2, 0.25) is 0 Å². The molecule has 2 heterocycles. The van der Waals surface area contributed by atoms with Gasteiger partial charge in [0, 0.05) is 36.8 Å². The fourth-order valence-electron chi connectivity index (χ4n) is 3.56. The second kappa shape index (κ2) is 4.72. The average molecular weight is 284 g/mol. The molecule has 0 radical (unpaired) electrons. The van der Waals surface area contributed by atoms with Gasteiger partial charge in [0.1, 0.15) is 17.3 Å². The van der Waals surface area contributed by atoms with Gasteiger partial charge in [0.05, 0.1) is 12.2 Å². The first-order valence-corrected chi connectivity index (χ1v) is 7.49. The van der Waals surface area contributed by atoms with Gasteiger partial charge in [-0.2, -0.15) is 0 Å². The van der Waals surface area contributed by atoms with Gasteiger partial charge in [-0.15, -0.1) is 0 Å². The molecular weight excluding hydrogens is 268 g/mol. The number of Topliss-reactive ketones (excluding diaryl/α,β-unsaturated/α-hetero) is 2. The first kappa shape index (κ1) is 12.6. The third kappa shape index (κ3) is 1.89. The Balaban J connectivity index is 1.91. The normalized spacial score (nSPS) is 23.0. The first-order chi connectivity index (χ1) is 10.3. The summed E-state index contributed by atoms with van der Waals surface area (Å²) in [6.45, 7) is 0. The molecule has 0 amide bonds. The molecule has 0 saturated carbocycles. The van der Waals surface area contributed by atoms with Gasteiger partial charge in [-0.25, -0.2) is 0 Å². The lowest BCUT2D eigenvalue weighted by Crippen LogP contribution is -2.30. The Morgan fingerprint density at radius 3 is 2.05 bits per heavy atom. The summed E-state index contributed by atoms with van der Waals surface area (Å²) in [5, 5.41) is 0. The van der Waals surface area contributed by atoms with Crippen molar-refractivity contribution in [2.45, 2.75) is 44.4 Å². The molecule has 0 bridgehead atoms. The highest BCUT2D eigenvalue weighted by Gasteiger charge is 2.42. The number of ketones is 2. The summed E-state index contributed by atoms with van der Waals surface area (Å²) < 4.78 is 11.5. The predicted molar refractivity (Wildman–Crippen MR) is 74.3 cm³/mol. The molecule has 2 aliphatic carbocycles. The van der Waals surface area contributed by atoms with E-state index in [1.54, 1.807) is 12.3 Å². The maximum absolute atomic E-state index is 12.4. The minimum Gasteiger partial charge on any atom is -0.468 e. The van der Waals surface area contributed by atoms with Gasteiger partial charge in [-0.1, -0.05) is 0 Å². The number of carbonyl (C=O) groups excluding carboxylic acids is 2. The van der Waals surface area contributed by atoms with Crippen molar-refractivity contribution >= 4 is 11.6 Å². The smallest absolute Gasteiger partial charge is 0.163 e. The molecule has 108 valence electrons. The minimum absolute atomic E-state index is 0.0857. The lowest BCUT2D eigenvalue weighted by molar-refractivity contribution is -0.117. The number of ether oxygens (including phenoxy) is 1. The average Bonchev–Trinajstić information content (AvgIpc) is 3.00. The summed E-state index contributed by atoms with van der Waals surface area (Å²) in [7, 11) is 0. The number of hydrogen-bond acceptors (Lipinski definition) is 4. The summed E-state index contributed by atoms with van der Waals surface area (Å²) in [6.07, 6.45) is 5.81. The van der Waals surface area contributed by atoms with Crippen LogP contribution in [-0.4, -0.2) is 11.6 Å². The number of hydrogen-bond donors (Lipinski definition) is 0. The van der Waals surface area contributed by atoms with Gasteiger partial charge in [0.2, 0.25) is 0 Å². The van der Waals surface area contributed by atoms with Crippen LogP contribution in [-0.2, 0) is 14.3 Å². The van der Waals surface area contributed by atoms with Crippen molar-refractivity contribution < 1.29 is 18.7 Å². The second-order valence-electron chi connectivity index (χ2n) is 5.78. The molecule has 1 aliphatic heterocycles. The van der Waals surface area contributed by atoms with E-state index in [9.17, 15) is 9.59 Å². The largest absolute Gasteiger partial charge is 0.468 e. The third-order valence-electron chi connectivity index (χ3n) is 4.47. The molecule has 21 heavy (non-hydrogen) atoms. The molecule has 4 heteroatoms. The standard InChI is InChI=1S/C17H16O4/c18-10-4-1-6-13-15(10)17(12-8-3-9-20-12)16-11(19)5-2-7-14(16)21-13/h3,8-9,17H,1-2,4-7H2. The van der Waals surface area contributed by atoms with E-state index in [-0.39, 0.29) is 17.5 Å². The first-order valence-electron chi connectivity index (χ1n) is 7.49. The van der Waals surface area contributed by atoms with Crippen molar-refractivity contribution in [1.82, 2.24) is 0 Å². The molecule has 0 aromatic carbocycles. The lowest BCUT2D eigenvalue weighted by atomic mass is 9.75. The molecule has 0 atom stereocenters. The summed E-state index contributed by atoms with van der Waals surface area (Å²) in [6, 6.07) is 3.64. The van der Waals surface area contributed by atoms with Gasteiger partial charge in [-0.3, -0.25) is 9.59 Å². The van der Waals surface area contributed by atoms with Crippen molar-refractivity contribution in [3.8, 4) is 0 Å². The van der Waals surface area contributed by atoms with Crippen molar-refractivity contribution in [3.63, 3.8) is 0 Å². The highest BCUT2D eigenvalue weighted by atomic mass is 16.5. The number of allylic oxidation sites excluding steroid dienone is 4. The zero-order chi connectivity index (χ0) is 14.4. The summed E-state index contributed by atoms with van der Waals surface area (Å²) in [4.78, 5) is 24.8. The molecule has 0 saturated heterocycles. The van der Waals surface area contributed by atoms with E-state index < -0.39 is 0 Å². The summed E-state index contributed by atoms with van der Waals surface area (Å²) >= 11 is 0. The van der Waals surface area contributed by atoms with Crippen LogP contribution < -0.4 is 0 Å². The van der Waals surface area contributed by atoms with Crippen LogP contribution in [0.25, 0.3) is 0 Å². The van der Waals surface area contributed by atoms with Crippen LogP contribution in [0.4, 0.5) is 0 Å². The van der Waals surface area contributed by atoms with Gasteiger partial charge in [0.15, 0.2) is 11.6 Å². The summed E-state index contributed by atoms with van der Waals surface area (Å²) in [5.74, 6) is 1.98. The Hall–Kier alpha value is -2.10. The molecule has 0 fully saturated rings. The molecule has 4 nitrogen and oxygen atoms in total. The molecule has 0 spiro atoms. The Morgan fingerprint density at radius 2 is 1.52 bits per heavy atom. The topological polar surface area (TPSA) is 56.5 Å². The lowest BCUT2D eigenvalue weighted by Gasteiger charge is -2.34. The Morgan fingerprint density at radius 1 is 0.905 bits per heavy atom. The predicted octanol–water partition coefficient (Wildman–Crippen LogP) is 3.41. The molecule has 4 rings (SSSR count). The van der Waals surface area contributed by atoms with Crippen molar-refractivity contribution in [1.29, 1.82) is 0 Å². The highest BCUT2D eigenvalue weighted by molar-refractivity contribution is 6.05. The van der Waals surface area contributed by atoms with Crippen molar-refractivity contribution in [2.75, 3.05) is 0 Å². The second-order valence-corrected chi connectivity index (χ2v) is 5.78. The van der Waals surface area contributed by atoms with Crippen LogP contribution in [0.5, 0.6) is 0 Å². The number of carbonyl (C=O) groups is 2. The fourth-order valence-corrected chi connectivity index (χ4v) is 3.56. The molecule has 0 unspecified atom stereocenters. The van der Waals surface area contributed by atoms with E-state index in [0.717, 1.165) is 37.2 Å². The van der Waals surface area contributed by atoms with Crippen LogP contribution in [0.15, 0.2) is 45.5 Å². The Labute approximate surface area is 122 Å². The van der Waals surface area contributed by atoms with E-state index in [1.165, 1.54) is 0 Å². The van der Waals surface area contributed by atoms with Crippen LogP contribution >= 0.6 is 0 Å². The van der Waals surface area contributed by atoms with Crippen molar-refractivity contribution in [3.05, 3.63) is 46.8 Å². The highest BCUT2D eigenvalue weighted by Crippen LogP contribution is 2.47. The Bertz CT molecular complexity index is 634. The Kier molecular flexibility index (Phi) is 2.84. The summed E-state index contributed by atoms with van der Waals surface area (Å²) in [5.41, 5.74) is 1.29. The minimum atomic E-state index is -0.362. The molecule has 1 aromatic rings. The van der Waals surface area contributed by atoms with Gasteiger partial charge in [-0.05, 0) is 25.0 Å². The molecular formula is C17H16O4. The number of rotatable bonds is 1. The van der Waals surface area contributed by atoms with Gasteiger partial charge >= 0.3 is 0 Å². The van der Waals surface area contributed by atoms with Crippen LogP contribution in [0, 0.1) is 0 Å². The number of furan rings is 1. The van der Waals surface area contributed by atoms with E-state index in [1.807, 2.05) is 6.07 Å². The van der Waals surface area contributed by atoms with E-state index in [2.05, 4.69) is 0 Å². The monoisotopic (exact) mass is 284 g/mol. The van der Waals surface area contributed by atoms with Crippen LogP contribution in [0.1, 0.15) is 50.2 Å². The quantitative estimate of drug-likeness (QED) is 0.793. The maximum Gasteiger partial charge on any atom is 0.163 e. The van der Waals surface area contributed by atoms with Gasteiger partial charge in [0.25, 0.3) is 0 Å². The van der Waals surface area contributed by atoms with Gasteiger partial charge < -0.3 is 9.15 Å². The third-order valence-corrected chi connectivity index (χ3v) is 4.47. The maximum atomic E-state index is 12.4. The molecule has 3 aliphatic rings. The van der Waals surface area contributed by atoms with E-state index >= 15 is 0 Å². The molecule has 1 aromatic heterocycles. The van der Waals surface area contributed by atoms with Crippen molar-refractivity contribution in [2.24, 2.45) is 0 Å². The fraction of sp³-hybridized carbons (Fsp3) is 0.412. The molecule has 0 N–H and O–H groups in total. The van der Waals surface area contributed by atoms with E-state index in [4.69, 9.17) is 9.15 Å². The zero-order valence-electron chi connectivity index (χ0n) is 11.7. The zero-order valence-corrected chi connectivity index (χ0v) is 11.7. The van der Waals surface area contributed by atoms with E-state index in [0.29, 0.717) is 29.7 Å².